The maximum absolute atomic E-state index is 5.45. The van der Waals surface area contributed by atoms with Gasteiger partial charge in [0.1, 0.15) is 5.76 Å². The second-order valence-electron chi connectivity index (χ2n) is 2.67. The van der Waals surface area contributed by atoms with Crippen LogP contribution in [0.4, 0.5) is 0 Å². The third-order valence-corrected chi connectivity index (χ3v) is 2.48. The van der Waals surface area contributed by atoms with E-state index in [0.717, 1.165) is 22.9 Å². The van der Waals surface area contributed by atoms with Gasteiger partial charge in [-0.15, -0.1) is 0 Å². The number of aryl methyl sites for hydroxylation is 2. The molecule has 0 atom stereocenters. The Hall–Kier alpha value is -1.09. The molecule has 0 amide bonds. The Morgan fingerprint density at radius 3 is 2.75 bits per heavy atom. The monoisotopic (exact) mass is 179 g/mol. The zero-order chi connectivity index (χ0) is 8.55. The van der Waals surface area contributed by atoms with Crippen LogP contribution in [0.3, 0.4) is 0 Å². The van der Waals surface area contributed by atoms with Gasteiger partial charge in [-0.05, 0) is 25.3 Å². The van der Waals surface area contributed by atoms with Crippen molar-refractivity contribution in [2.24, 2.45) is 0 Å². The van der Waals surface area contributed by atoms with Gasteiger partial charge in [0.2, 0.25) is 5.89 Å². The number of aromatic nitrogens is 1. The lowest BCUT2D eigenvalue weighted by Crippen LogP contribution is -1.73. The van der Waals surface area contributed by atoms with Crippen LogP contribution in [-0.2, 0) is 0 Å². The Labute approximate surface area is 74.9 Å². The minimum atomic E-state index is 0.728. The van der Waals surface area contributed by atoms with Crippen LogP contribution in [0.2, 0.25) is 0 Å². The molecule has 0 aliphatic heterocycles. The number of nitrogens with zero attached hydrogens (tertiary/aromatic N) is 1. The molecule has 62 valence electrons. The molecule has 2 aromatic heterocycles. The van der Waals surface area contributed by atoms with Gasteiger partial charge in [-0.25, -0.2) is 4.98 Å². The van der Waals surface area contributed by atoms with Crippen molar-refractivity contribution in [3.05, 3.63) is 28.3 Å². The molecule has 2 heterocycles. The highest BCUT2D eigenvalue weighted by Crippen LogP contribution is 2.22. The summed E-state index contributed by atoms with van der Waals surface area (Å²) in [4.78, 5) is 4.29. The second kappa shape index (κ2) is 2.75. The van der Waals surface area contributed by atoms with E-state index in [0.29, 0.717) is 0 Å². The van der Waals surface area contributed by atoms with E-state index in [-0.39, 0.29) is 0 Å². The van der Waals surface area contributed by atoms with Crippen LogP contribution in [-0.4, -0.2) is 4.98 Å². The maximum Gasteiger partial charge on any atom is 0.227 e. The summed E-state index contributed by atoms with van der Waals surface area (Å²) in [6, 6.07) is 2.01. The summed E-state index contributed by atoms with van der Waals surface area (Å²) >= 11 is 1.65. The minimum absolute atomic E-state index is 0.728. The lowest BCUT2D eigenvalue weighted by Gasteiger charge is -1.85. The predicted octanol–water partition coefficient (Wildman–Crippen LogP) is 3.02. The molecular weight excluding hydrogens is 170 g/mol. The van der Waals surface area contributed by atoms with Gasteiger partial charge in [-0.1, -0.05) is 0 Å². The molecule has 0 spiro atoms. The van der Waals surface area contributed by atoms with Gasteiger partial charge < -0.3 is 4.42 Å². The van der Waals surface area contributed by atoms with Crippen molar-refractivity contribution in [2.75, 3.05) is 0 Å². The van der Waals surface area contributed by atoms with Crippen molar-refractivity contribution in [3.63, 3.8) is 0 Å². The molecule has 3 heteroatoms. The molecule has 0 saturated heterocycles. The third kappa shape index (κ3) is 1.16. The molecule has 0 bridgehead atoms. The Morgan fingerprint density at radius 1 is 1.42 bits per heavy atom. The van der Waals surface area contributed by atoms with Crippen molar-refractivity contribution in [3.8, 4) is 11.5 Å². The normalized spacial score (nSPS) is 10.5. The van der Waals surface area contributed by atoms with E-state index in [4.69, 9.17) is 4.42 Å². The summed E-state index contributed by atoms with van der Waals surface area (Å²) < 4.78 is 5.45. The molecule has 2 aromatic rings. The lowest BCUT2D eigenvalue weighted by molar-refractivity contribution is 0.541. The van der Waals surface area contributed by atoms with E-state index in [2.05, 4.69) is 4.98 Å². The highest BCUT2D eigenvalue weighted by Gasteiger charge is 2.07. The van der Waals surface area contributed by atoms with Gasteiger partial charge in [-0.2, -0.15) is 11.3 Å². The van der Waals surface area contributed by atoms with Crippen LogP contribution in [0, 0.1) is 13.8 Å². The fourth-order valence-electron chi connectivity index (χ4n) is 0.982. The van der Waals surface area contributed by atoms with Crippen LogP contribution in [0.1, 0.15) is 11.5 Å². The van der Waals surface area contributed by atoms with E-state index in [1.54, 1.807) is 11.3 Å². The molecule has 0 fully saturated rings. The molecule has 0 N–H and O–H groups in total. The van der Waals surface area contributed by atoms with Gasteiger partial charge in [0.25, 0.3) is 0 Å². The zero-order valence-electron chi connectivity index (χ0n) is 7.00. The molecule has 0 aliphatic rings. The summed E-state index contributed by atoms with van der Waals surface area (Å²) in [5.41, 5.74) is 2.03. The average molecular weight is 179 g/mol. The van der Waals surface area contributed by atoms with Crippen molar-refractivity contribution in [2.45, 2.75) is 13.8 Å². The van der Waals surface area contributed by atoms with Gasteiger partial charge in [0.05, 0.1) is 5.69 Å². The standard InChI is InChI=1S/C9H9NOS/c1-6-7(2)11-9(10-6)8-3-4-12-5-8/h3-5H,1-2H3. The fraction of sp³-hybridized carbons (Fsp3) is 0.222. The Morgan fingerprint density at radius 2 is 2.25 bits per heavy atom. The molecule has 2 rings (SSSR count). The van der Waals surface area contributed by atoms with E-state index in [9.17, 15) is 0 Å². The van der Waals surface area contributed by atoms with Crippen molar-refractivity contribution in [1.29, 1.82) is 0 Å². The molecule has 2 nitrogen and oxygen atoms in total. The second-order valence-corrected chi connectivity index (χ2v) is 3.45. The smallest absolute Gasteiger partial charge is 0.227 e. The maximum atomic E-state index is 5.45. The first-order valence-electron chi connectivity index (χ1n) is 3.74. The van der Waals surface area contributed by atoms with Gasteiger partial charge in [0, 0.05) is 10.9 Å². The number of oxazole rings is 1. The SMILES string of the molecule is Cc1nc(-c2ccsc2)oc1C. The van der Waals surface area contributed by atoms with E-state index in [1.165, 1.54) is 0 Å². The van der Waals surface area contributed by atoms with Gasteiger partial charge >= 0.3 is 0 Å². The van der Waals surface area contributed by atoms with Crippen LogP contribution in [0.5, 0.6) is 0 Å². The Balaban J connectivity index is 2.48. The first-order valence-corrected chi connectivity index (χ1v) is 4.68. The molecule has 12 heavy (non-hydrogen) atoms. The molecule has 0 unspecified atom stereocenters. The predicted molar refractivity (Wildman–Crippen MR) is 49.3 cm³/mol. The Bertz CT molecular complexity index is 356. The summed E-state index contributed by atoms with van der Waals surface area (Å²) in [5, 5.41) is 4.05. The highest BCUT2D eigenvalue weighted by atomic mass is 32.1. The molecular formula is C9H9NOS. The third-order valence-electron chi connectivity index (χ3n) is 1.80. The first-order chi connectivity index (χ1) is 5.77. The molecule has 0 radical (unpaired) electrons. The minimum Gasteiger partial charge on any atom is -0.441 e. The van der Waals surface area contributed by atoms with Crippen LogP contribution < -0.4 is 0 Å². The van der Waals surface area contributed by atoms with Crippen LogP contribution in [0.15, 0.2) is 21.2 Å². The zero-order valence-corrected chi connectivity index (χ0v) is 7.81. The van der Waals surface area contributed by atoms with E-state index >= 15 is 0 Å². The first kappa shape index (κ1) is 7.55. The van der Waals surface area contributed by atoms with Gasteiger partial charge in [-0.3, -0.25) is 0 Å². The van der Waals surface area contributed by atoms with Crippen molar-refractivity contribution in [1.82, 2.24) is 4.98 Å². The number of thiophene rings is 1. The van der Waals surface area contributed by atoms with E-state index in [1.807, 2.05) is 30.7 Å². The number of rotatable bonds is 1. The summed E-state index contributed by atoms with van der Waals surface area (Å²) in [6.07, 6.45) is 0. The molecule has 0 aliphatic carbocycles. The summed E-state index contributed by atoms with van der Waals surface area (Å²) in [5.74, 6) is 1.63. The fourth-order valence-corrected chi connectivity index (χ4v) is 1.61. The average Bonchev–Trinajstić information content (AvgIpc) is 2.61. The molecule has 0 aromatic carbocycles. The summed E-state index contributed by atoms with van der Waals surface area (Å²) in [7, 11) is 0. The van der Waals surface area contributed by atoms with Crippen LogP contribution >= 0.6 is 11.3 Å². The quantitative estimate of drug-likeness (QED) is 0.672. The Kier molecular flexibility index (Phi) is 1.73. The lowest BCUT2D eigenvalue weighted by atomic mass is 10.3. The number of hydrogen-bond acceptors (Lipinski definition) is 3. The van der Waals surface area contributed by atoms with E-state index < -0.39 is 0 Å². The largest absolute Gasteiger partial charge is 0.441 e. The topological polar surface area (TPSA) is 26.0 Å². The number of hydrogen-bond donors (Lipinski definition) is 0. The van der Waals surface area contributed by atoms with Crippen LogP contribution in [0.25, 0.3) is 11.5 Å². The summed E-state index contributed by atoms with van der Waals surface area (Å²) in [6.45, 7) is 3.88. The molecule has 0 saturated carbocycles. The van der Waals surface area contributed by atoms with Crippen molar-refractivity contribution >= 4 is 11.3 Å². The van der Waals surface area contributed by atoms with Crippen molar-refractivity contribution < 1.29 is 4.42 Å². The van der Waals surface area contributed by atoms with Gasteiger partial charge in [0.15, 0.2) is 0 Å². The highest BCUT2D eigenvalue weighted by molar-refractivity contribution is 7.08.